The van der Waals surface area contributed by atoms with Crippen molar-refractivity contribution in [3.63, 3.8) is 0 Å². The van der Waals surface area contributed by atoms with Gasteiger partial charge in [0.05, 0.1) is 26.4 Å². The van der Waals surface area contributed by atoms with Gasteiger partial charge >= 0.3 is 0 Å². The number of piperidine rings is 1. The maximum absolute atomic E-state index is 5.67. The van der Waals surface area contributed by atoms with Crippen molar-refractivity contribution in [3.05, 3.63) is 43.0 Å². The number of anilines is 1. The molecule has 0 amide bonds. The van der Waals surface area contributed by atoms with Crippen molar-refractivity contribution in [3.8, 4) is 17.0 Å². The Labute approximate surface area is 179 Å². The molecule has 0 saturated carbocycles. The molecule has 6 heterocycles. The van der Waals surface area contributed by atoms with E-state index >= 15 is 0 Å². The van der Waals surface area contributed by atoms with Gasteiger partial charge in [-0.05, 0) is 31.0 Å². The molecule has 0 unspecified atom stereocenters. The van der Waals surface area contributed by atoms with Crippen LogP contribution in [0.2, 0.25) is 0 Å². The van der Waals surface area contributed by atoms with E-state index in [1.54, 1.807) is 13.3 Å². The van der Waals surface area contributed by atoms with E-state index in [4.69, 9.17) is 14.6 Å². The lowest BCUT2D eigenvalue weighted by molar-refractivity contribution is -0.0705. The number of aromatic nitrogens is 5. The second-order valence-corrected chi connectivity index (χ2v) is 8.22. The monoisotopic (exact) mass is 419 g/mol. The first-order valence-corrected chi connectivity index (χ1v) is 10.7. The maximum Gasteiger partial charge on any atom is 0.244 e. The molecule has 4 aromatic rings. The molecule has 6 rings (SSSR count). The van der Waals surface area contributed by atoms with Crippen LogP contribution in [-0.2, 0) is 4.74 Å². The smallest absolute Gasteiger partial charge is 0.244 e. The van der Waals surface area contributed by atoms with Gasteiger partial charge in [-0.3, -0.25) is 4.90 Å². The van der Waals surface area contributed by atoms with Crippen LogP contribution in [0.1, 0.15) is 12.8 Å². The zero-order valence-electron chi connectivity index (χ0n) is 17.4. The number of hydrogen-bond acceptors (Lipinski definition) is 7. The Morgan fingerprint density at radius 3 is 2.77 bits per heavy atom. The predicted octanol–water partition coefficient (Wildman–Crippen LogP) is 2.33. The van der Waals surface area contributed by atoms with Crippen molar-refractivity contribution in [2.75, 3.05) is 38.7 Å². The summed E-state index contributed by atoms with van der Waals surface area (Å²) in [6.07, 6.45) is 9.89. The van der Waals surface area contributed by atoms with Crippen LogP contribution in [-0.4, -0.2) is 74.4 Å². The minimum Gasteiger partial charge on any atom is -0.479 e. The molecule has 1 N–H and O–H groups in total. The fourth-order valence-corrected chi connectivity index (χ4v) is 4.53. The Kier molecular flexibility index (Phi) is 4.50. The first-order valence-electron chi connectivity index (χ1n) is 10.7. The zero-order chi connectivity index (χ0) is 20.8. The van der Waals surface area contributed by atoms with Crippen molar-refractivity contribution in [1.82, 2.24) is 28.9 Å². The third-order valence-electron chi connectivity index (χ3n) is 6.37. The average molecular weight is 419 g/mol. The molecule has 0 bridgehead atoms. The minimum absolute atomic E-state index is 0.359. The zero-order valence-corrected chi connectivity index (χ0v) is 17.4. The van der Waals surface area contributed by atoms with E-state index in [2.05, 4.69) is 32.4 Å². The van der Waals surface area contributed by atoms with Crippen molar-refractivity contribution >= 4 is 17.1 Å². The fraction of sp³-hybridized carbons (Fsp3) is 0.409. The number of pyridine rings is 1. The molecule has 0 radical (unpaired) electrons. The van der Waals surface area contributed by atoms with Crippen molar-refractivity contribution in [1.29, 1.82) is 0 Å². The molecule has 2 aliphatic heterocycles. The van der Waals surface area contributed by atoms with Gasteiger partial charge in [-0.2, -0.15) is 4.98 Å². The lowest BCUT2D eigenvalue weighted by atomic mass is 10.0. The van der Waals surface area contributed by atoms with Crippen LogP contribution in [0.5, 0.6) is 5.88 Å². The SMILES string of the molecule is COc1nc(NC2CCN(C3COC3)CC2)nn2ccc(-c3ccc4nccn4c3)c12. The lowest BCUT2D eigenvalue weighted by Crippen LogP contribution is -2.53. The number of likely N-dealkylation sites (tertiary alicyclic amines) is 1. The van der Waals surface area contributed by atoms with Crippen LogP contribution < -0.4 is 10.1 Å². The number of nitrogens with zero attached hydrogens (tertiary/aromatic N) is 6. The fourth-order valence-electron chi connectivity index (χ4n) is 4.53. The van der Waals surface area contributed by atoms with Gasteiger partial charge in [0.2, 0.25) is 11.8 Å². The van der Waals surface area contributed by atoms with E-state index in [9.17, 15) is 0 Å². The second-order valence-electron chi connectivity index (χ2n) is 8.22. The average Bonchev–Trinajstić information content (AvgIpc) is 3.39. The van der Waals surface area contributed by atoms with Gasteiger partial charge in [0.15, 0.2) is 0 Å². The van der Waals surface area contributed by atoms with Crippen molar-refractivity contribution in [2.45, 2.75) is 24.9 Å². The summed E-state index contributed by atoms with van der Waals surface area (Å²) in [6, 6.07) is 7.08. The van der Waals surface area contributed by atoms with Gasteiger partial charge in [-0.1, -0.05) is 0 Å². The molecule has 0 aromatic carbocycles. The third-order valence-corrected chi connectivity index (χ3v) is 6.37. The largest absolute Gasteiger partial charge is 0.479 e. The summed E-state index contributed by atoms with van der Waals surface area (Å²) >= 11 is 0. The van der Waals surface area contributed by atoms with Crippen molar-refractivity contribution in [2.24, 2.45) is 0 Å². The highest BCUT2D eigenvalue weighted by atomic mass is 16.5. The summed E-state index contributed by atoms with van der Waals surface area (Å²) in [5.41, 5.74) is 3.85. The van der Waals surface area contributed by atoms with Gasteiger partial charge in [-0.25, -0.2) is 9.50 Å². The molecule has 31 heavy (non-hydrogen) atoms. The van der Waals surface area contributed by atoms with Crippen LogP contribution in [0.4, 0.5) is 5.95 Å². The molecule has 0 spiro atoms. The third kappa shape index (κ3) is 3.30. The molecule has 9 heteroatoms. The Morgan fingerprint density at radius 1 is 1.13 bits per heavy atom. The molecular formula is C22H25N7O2. The van der Waals surface area contributed by atoms with Gasteiger partial charge in [0.25, 0.3) is 0 Å². The number of fused-ring (bicyclic) bond motifs is 2. The van der Waals surface area contributed by atoms with E-state index < -0.39 is 0 Å². The van der Waals surface area contributed by atoms with E-state index in [1.165, 1.54) is 0 Å². The van der Waals surface area contributed by atoms with E-state index in [0.717, 1.165) is 61.4 Å². The van der Waals surface area contributed by atoms with E-state index in [0.29, 0.717) is 23.9 Å². The summed E-state index contributed by atoms with van der Waals surface area (Å²) < 4.78 is 14.9. The molecule has 2 fully saturated rings. The topological polar surface area (TPSA) is 81.2 Å². The van der Waals surface area contributed by atoms with Crippen LogP contribution in [0.15, 0.2) is 43.0 Å². The molecule has 0 atom stereocenters. The minimum atomic E-state index is 0.359. The number of imidazole rings is 1. The number of methoxy groups -OCH3 is 1. The molecule has 160 valence electrons. The van der Waals surface area contributed by atoms with Crippen LogP contribution in [0.3, 0.4) is 0 Å². The lowest BCUT2D eigenvalue weighted by Gasteiger charge is -2.41. The molecular weight excluding hydrogens is 394 g/mol. The predicted molar refractivity (Wildman–Crippen MR) is 117 cm³/mol. The highest BCUT2D eigenvalue weighted by Crippen LogP contribution is 2.32. The maximum atomic E-state index is 5.67. The summed E-state index contributed by atoms with van der Waals surface area (Å²) in [7, 11) is 1.65. The number of ether oxygens (including phenoxy) is 2. The Balaban J connectivity index is 1.26. The van der Waals surface area contributed by atoms with Crippen LogP contribution in [0, 0.1) is 0 Å². The van der Waals surface area contributed by atoms with Gasteiger partial charge in [0.1, 0.15) is 11.2 Å². The molecule has 2 saturated heterocycles. The van der Waals surface area contributed by atoms with Gasteiger partial charge < -0.3 is 19.2 Å². The first-order chi connectivity index (χ1) is 15.3. The Bertz CT molecular complexity index is 1220. The molecule has 2 aliphatic rings. The van der Waals surface area contributed by atoms with Crippen LogP contribution in [0.25, 0.3) is 22.3 Å². The van der Waals surface area contributed by atoms with Gasteiger partial charge in [0, 0.05) is 55.0 Å². The normalized spacial score (nSPS) is 18.5. The first kappa shape index (κ1) is 18.6. The summed E-state index contributed by atoms with van der Waals surface area (Å²) in [5.74, 6) is 1.16. The summed E-state index contributed by atoms with van der Waals surface area (Å²) in [4.78, 5) is 11.5. The van der Waals surface area contributed by atoms with E-state index in [1.807, 2.05) is 33.4 Å². The highest BCUT2D eigenvalue weighted by Gasteiger charge is 2.30. The Hall–Kier alpha value is -3.17. The van der Waals surface area contributed by atoms with Gasteiger partial charge in [-0.15, -0.1) is 5.10 Å². The number of hydrogen-bond donors (Lipinski definition) is 1. The molecule has 9 nitrogen and oxygen atoms in total. The standard InChI is InChI=1S/C22H25N7O2/c1-30-21-20-18(15-2-3-19-23-7-11-28(19)12-15)6-10-29(20)26-22(25-21)24-16-4-8-27(9-5-16)17-13-31-14-17/h2-3,6-7,10-12,16-17H,4-5,8-9,13-14H2,1H3,(H,24,26). The van der Waals surface area contributed by atoms with Crippen molar-refractivity contribution < 1.29 is 9.47 Å². The van der Waals surface area contributed by atoms with E-state index in [-0.39, 0.29) is 0 Å². The summed E-state index contributed by atoms with van der Waals surface area (Å²) in [5, 5.41) is 8.24. The quantitative estimate of drug-likeness (QED) is 0.532. The Morgan fingerprint density at radius 2 is 2.00 bits per heavy atom. The van der Waals surface area contributed by atoms with Crippen LogP contribution >= 0.6 is 0 Å². The number of rotatable bonds is 5. The summed E-state index contributed by atoms with van der Waals surface area (Å²) in [6.45, 7) is 3.91. The number of nitrogens with one attached hydrogen (secondary N) is 1. The highest BCUT2D eigenvalue weighted by molar-refractivity contribution is 5.84. The molecule has 0 aliphatic carbocycles. The second kappa shape index (κ2) is 7.51. The molecule has 4 aromatic heterocycles.